The van der Waals surface area contributed by atoms with Crippen LogP contribution in [0.2, 0.25) is 0 Å². The van der Waals surface area contributed by atoms with E-state index < -0.39 is 0 Å². The van der Waals surface area contributed by atoms with Gasteiger partial charge in [-0.15, -0.1) is 0 Å². The van der Waals surface area contributed by atoms with Gasteiger partial charge in [-0.05, 0) is 61.6 Å². The lowest BCUT2D eigenvalue weighted by atomic mass is 9.47. The van der Waals surface area contributed by atoms with Crippen LogP contribution in [0.25, 0.3) is 21.7 Å². The SMILES string of the molecule is CCC12CCC1(CC)[n+]1cc3c(c4ccc5cc6c(c2c5c41)OCO6)C1(CCCCC1)C(=O)C31CCCCC1. The molecule has 9 rings (SSSR count). The summed E-state index contributed by atoms with van der Waals surface area (Å²) < 4.78 is 15.1. The fourth-order valence-electron chi connectivity index (χ4n) is 11.1. The highest BCUT2D eigenvalue weighted by atomic mass is 16.7. The maximum atomic E-state index is 15.0. The quantitative estimate of drug-likeness (QED) is 0.258. The first-order valence-corrected chi connectivity index (χ1v) is 15.9. The molecule has 0 bridgehead atoms. The van der Waals surface area contributed by atoms with E-state index in [1.54, 1.807) is 0 Å². The maximum absolute atomic E-state index is 15.0. The maximum Gasteiger partial charge on any atom is 0.231 e. The van der Waals surface area contributed by atoms with Crippen LogP contribution in [0.3, 0.4) is 0 Å². The summed E-state index contributed by atoms with van der Waals surface area (Å²) in [5, 5.41) is 3.99. The molecule has 1 aromatic heterocycles. The number of benzene rings is 2. The van der Waals surface area contributed by atoms with Crippen molar-refractivity contribution in [1.82, 2.24) is 0 Å². The van der Waals surface area contributed by atoms with Crippen molar-refractivity contribution in [2.24, 2.45) is 0 Å². The zero-order valence-electron chi connectivity index (χ0n) is 23.6. The first-order chi connectivity index (χ1) is 19.1. The number of rotatable bonds is 2. The number of hydrogen-bond acceptors (Lipinski definition) is 3. The van der Waals surface area contributed by atoms with Gasteiger partial charge in [0.25, 0.3) is 0 Å². The number of carbonyl (C=O) groups excluding carboxylic acids is 1. The second-order valence-electron chi connectivity index (χ2n) is 13.8. The molecule has 202 valence electrons. The Hall–Kier alpha value is -2.62. The number of fused-ring (bicyclic) bond motifs is 9. The van der Waals surface area contributed by atoms with Crippen LogP contribution in [0.4, 0.5) is 0 Å². The smallest absolute Gasteiger partial charge is 0.231 e. The van der Waals surface area contributed by atoms with Crippen LogP contribution in [0.5, 0.6) is 11.5 Å². The summed E-state index contributed by atoms with van der Waals surface area (Å²) in [6.07, 6.45) is 18.5. The second-order valence-corrected chi connectivity index (χ2v) is 13.8. The standard InChI is InChI=1S/C35H40NO3/c1-3-34-17-18-35(34,4-2)36-20-24-27(33(15-9-6-10-16-33)31(37)32(24)13-7-5-8-14-32)23-12-11-22-19-25-30(39-21-38-25)28(34)26(22)29(23)36/h11-12,19-20H,3-10,13-18,21H2,1-2H3/q+1. The number of ether oxygens (including phenoxy) is 2. The highest BCUT2D eigenvalue weighted by molar-refractivity contribution is 6.14. The Morgan fingerprint density at radius 1 is 0.821 bits per heavy atom. The van der Waals surface area contributed by atoms with Gasteiger partial charge in [0.1, 0.15) is 0 Å². The number of hydrogen-bond donors (Lipinski definition) is 0. The fraction of sp³-hybridized carbons (Fsp3) is 0.600. The molecule has 6 aliphatic rings. The zero-order chi connectivity index (χ0) is 26.2. The van der Waals surface area contributed by atoms with Crippen molar-refractivity contribution in [2.45, 2.75) is 126 Å². The average Bonchev–Trinajstić information content (AvgIpc) is 3.50. The van der Waals surface area contributed by atoms with Crippen LogP contribution in [-0.2, 0) is 26.6 Å². The molecule has 0 radical (unpaired) electrons. The summed E-state index contributed by atoms with van der Waals surface area (Å²) in [5.41, 5.74) is 5.10. The van der Waals surface area contributed by atoms with Crippen molar-refractivity contribution in [1.29, 1.82) is 0 Å². The van der Waals surface area contributed by atoms with Gasteiger partial charge in [-0.2, -0.15) is 4.57 Å². The summed E-state index contributed by atoms with van der Waals surface area (Å²) >= 11 is 0. The van der Waals surface area contributed by atoms with Crippen molar-refractivity contribution >= 4 is 27.5 Å². The summed E-state index contributed by atoms with van der Waals surface area (Å²) in [4.78, 5) is 15.0. The van der Waals surface area contributed by atoms with E-state index in [0.717, 1.165) is 50.0 Å². The minimum absolute atomic E-state index is 0.0125. The molecule has 0 amide bonds. The molecular formula is C35H40NO3+. The first kappa shape index (κ1) is 23.1. The van der Waals surface area contributed by atoms with Gasteiger partial charge in [-0.25, -0.2) is 0 Å². The monoisotopic (exact) mass is 522 g/mol. The summed E-state index contributed by atoms with van der Waals surface area (Å²) in [5.74, 6) is 2.50. The van der Waals surface area contributed by atoms with Crippen LogP contribution in [-0.4, -0.2) is 12.6 Å². The third kappa shape index (κ3) is 2.32. The normalized spacial score (nSPS) is 30.8. The highest BCUT2D eigenvalue weighted by Gasteiger charge is 2.70. The molecule has 2 aromatic carbocycles. The Morgan fingerprint density at radius 2 is 1.56 bits per heavy atom. The molecule has 2 atom stereocenters. The highest BCUT2D eigenvalue weighted by Crippen LogP contribution is 2.67. The van der Waals surface area contributed by atoms with Crippen LogP contribution >= 0.6 is 0 Å². The molecule has 39 heavy (non-hydrogen) atoms. The minimum atomic E-state index is -0.299. The summed E-state index contributed by atoms with van der Waals surface area (Å²) in [6, 6.07) is 6.94. The largest absolute Gasteiger partial charge is 0.454 e. The van der Waals surface area contributed by atoms with Gasteiger partial charge in [0, 0.05) is 24.0 Å². The number of pyridine rings is 1. The number of aromatic nitrogens is 1. The minimum Gasteiger partial charge on any atom is -0.454 e. The molecule has 2 unspecified atom stereocenters. The lowest BCUT2D eigenvalue weighted by molar-refractivity contribution is -0.770. The molecule has 4 nitrogen and oxygen atoms in total. The summed E-state index contributed by atoms with van der Waals surface area (Å²) in [6.45, 7) is 5.09. The van der Waals surface area contributed by atoms with E-state index in [9.17, 15) is 4.79 Å². The van der Waals surface area contributed by atoms with Crippen molar-refractivity contribution < 1.29 is 18.8 Å². The number of ketones is 1. The molecule has 0 saturated heterocycles. The Morgan fingerprint density at radius 3 is 2.23 bits per heavy atom. The topological polar surface area (TPSA) is 39.4 Å². The van der Waals surface area contributed by atoms with Crippen molar-refractivity contribution in [3.8, 4) is 11.5 Å². The van der Waals surface area contributed by atoms with E-state index in [4.69, 9.17) is 9.47 Å². The lowest BCUT2D eigenvalue weighted by Crippen LogP contribution is -2.74. The molecule has 3 saturated carbocycles. The first-order valence-electron chi connectivity index (χ1n) is 15.9. The molecule has 0 N–H and O–H groups in total. The van der Waals surface area contributed by atoms with Crippen LogP contribution < -0.4 is 14.0 Å². The molecule has 4 aliphatic carbocycles. The van der Waals surface area contributed by atoms with Gasteiger partial charge in [0.15, 0.2) is 29.0 Å². The average molecular weight is 523 g/mol. The predicted octanol–water partition coefficient (Wildman–Crippen LogP) is 7.56. The predicted molar refractivity (Wildman–Crippen MR) is 152 cm³/mol. The Labute approximate surface area is 231 Å². The fourth-order valence-corrected chi connectivity index (χ4v) is 11.1. The molecule has 3 heterocycles. The van der Waals surface area contributed by atoms with Crippen LogP contribution in [0, 0.1) is 0 Å². The van der Waals surface area contributed by atoms with E-state index in [0.29, 0.717) is 12.6 Å². The van der Waals surface area contributed by atoms with Gasteiger partial charge in [0.2, 0.25) is 12.3 Å². The summed E-state index contributed by atoms with van der Waals surface area (Å²) in [7, 11) is 0. The van der Waals surface area contributed by atoms with Gasteiger partial charge < -0.3 is 9.47 Å². The van der Waals surface area contributed by atoms with Gasteiger partial charge in [-0.3, -0.25) is 4.79 Å². The van der Waals surface area contributed by atoms with E-state index in [1.165, 1.54) is 89.7 Å². The van der Waals surface area contributed by atoms with Gasteiger partial charge in [-0.1, -0.05) is 58.4 Å². The Kier molecular flexibility index (Phi) is 4.36. The van der Waals surface area contributed by atoms with E-state index in [1.807, 2.05) is 0 Å². The van der Waals surface area contributed by atoms with Crippen LogP contribution in [0.1, 0.15) is 120 Å². The third-order valence-corrected chi connectivity index (χ3v) is 12.9. The van der Waals surface area contributed by atoms with Gasteiger partial charge in [0.05, 0.1) is 27.0 Å². The number of Topliss-reactive ketones (excluding diaryl/α,β-unsaturated/α-hetero) is 1. The second kappa shape index (κ2) is 7.36. The number of nitrogens with zero attached hydrogens (tertiary/aromatic N) is 1. The lowest BCUT2D eigenvalue weighted by Gasteiger charge is -2.57. The molecular weight excluding hydrogens is 482 g/mol. The van der Waals surface area contributed by atoms with E-state index in [2.05, 4.69) is 42.8 Å². The number of carbonyl (C=O) groups is 1. The molecule has 2 aliphatic heterocycles. The van der Waals surface area contributed by atoms with Crippen molar-refractivity contribution in [3.63, 3.8) is 0 Å². The van der Waals surface area contributed by atoms with Crippen molar-refractivity contribution in [2.75, 3.05) is 6.79 Å². The third-order valence-electron chi connectivity index (χ3n) is 12.9. The zero-order valence-corrected chi connectivity index (χ0v) is 23.6. The molecule has 4 heteroatoms. The molecule has 3 fully saturated rings. The molecule has 3 aromatic rings. The van der Waals surface area contributed by atoms with Crippen molar-refractivity contribution in [3.05, 3.63) is 41.1 Å². The Bertz CT molecular complexity index is 1600. The van der Waals surface area contributed by atoms with E-state index in [-0.39, 0.29) is 21.8 Å². The van der Waals surface area contributed by atoms with Gasteiger partial charge >= 0.3 is 0 Å². The molecule has 2 spiro atoms. The van der Waals surface area contributed by atoms with Crippen LogP contribution in [0.15, 0.2) is 24.4 Å². The Balaban J connectivity index is 1.49. The van der Waals surface area contributed by atoms with E-state index >= 15 is 0 Å².